The molecule has 3 aromatic rings. The summed E-state index contributed by atoms with van der Waals surface area (Å²) in [4.78, 5) is 14.0. The zero-order valence-electron chi connectivity index (χ0n) is 17.2. The van der Waals surface area contributed by atoms with E-state index in [4.69, 9.17) is 16.6 Å². The molecule has 152 valence electrons. The summed E-state index contributed by atoms with van der Waals surface area (Å²) < 4.78 is 1.98. The second-order valence-corrected chi connectivity index (χ2v) is 8.14. The highest BCUT2D eigenvalue weighted by molar-refractivity contribution is 6.30. The molecule has 1 aromatic carbocycles. The van der Waals surface area contributed by atoms with Crippen molar-refractivity contribution in [2.75, 3.05) is 25.5 Å². The Labute approximate surface area is 177 Å². The third kappa shape index (κ3) is 4.28. The van der Waals surface area contributed by atoms with Crippen LogP contribution in [0.2, 0.25) is 5.02 Å². The van der Waals surface area contributed by atoms with Crippen LogP contribution in [0.4, 0.5) is 5.95 Å². The maximum atomic E-state index is 6.27. The van der Waals surface area contributed by atoms with Crippen LogP contribution in [-0.4, -0.2) is 45.3 Å². The molecular weight excluding hydrogens is 384 g/mol. The van der Waals surface area contributed by atoms with Crippen LogP contribution in [0.3, 0.4) is 0 Å². The highest BCUT2D eigenvalue weighted by Crippen LogP contribution is 2.38. The van der Waals surface area contributed by atoms with E-state index < -0.39 is 0 Å². The van der Waals surface area contributed by atoms with Crippen molar-refractivity contribution in [3.63, 3.8) is 0 Å². The van der Waals surface area contributed by atoms with Gasteiger partial charge in [0.15, 0.2) is 0 Å². The Morgan fingerprint density at radius 2 is 2.10 bits per heavy atom. The zero-order chi connectivity index (χ0) is 20.4. The van der Waals surface area contributed by atoms with Crippen LogP contribution < -0.4 is 4.90 Å². The molecule has 0 bridgehead atoms. The molecule has 1 aliphatic heterocycles. The zero-order valence-corrected chi connectivity index (χ0v) is 18.0. The summed E-state index contributed by atoms with van der Waals surface area (Å²) in [7, 11) is 3.95. The number of anilines is 1. The number of aryl methyl sites for hydroxylation is 1. The predicted molar refractivity (Wildman–Crippen MR) is 117 cm³/mol. The highest BCUT2D eigenvalue weighted by atomic mass is 35.5. The van der Waals surface area contributed by atoms with Gasteiger partial charge in [-0.3, -0.25) is 9.58 Å². The molecule has 0 amide bonds. The van der Waals surface area contributed by atoms with E-state index in [2.05, 4.69) is 34.2 Å². The minimum absolute atomic E-state index is 0.246. The van der Waals surface area contributed by atoms with E-state index in [0.717, 1.165) is 60.3 Å². The Bertz CT molecular complexity index is 983. The van der Waals surface area contributed by atoms with Crippen LogP contribution in [0.1, 0.15) is 37.1 Å². The number of halogens is 1. The summed E-state index contributed by atoms with van der Waals surface area (Å²) in [5, 5.41) is 5.15. The van der Waals surface area contributed by atoms with Gasteiger partial charge in [-0.05, 0) is 44.0 Å². The van der Waals surface area contributed by atoms with Crippen LogP contribution >= 0.6 is 11.6 Å². The second kappa shape index (κ2) is 8.51. The van der Waals surface area contributed by atoms with E-state index >= 15 is 0 Å². The summed E-state index contributed by atoms with van der Waals surface area (Å²) >= 11 is 6.27. The Balaban J connectivity index is 1.71. The molecule has 0 saturated carbocycles. The number of likely N-dealkylation sites (tertiary alicyclic amines) is 1. The molecule has 1 aliphatic rings. The fourth-order valence-corrected chi connectivity index (χ4v) is 4.14. The van der Waals surface area contributed by atoms with Crippen molar-refractivity contribution < 1.29 is 0 Å². The van der Waals surface area contributed by atoms with Gasteiger partial charge < -0.3 is 4.90 Å². The van der Waals surface area contributed by atoms with Crippen molar-refractivity contribution in [3.8, 4) is 11.1 Å². The molecule has 7 heteroatoms. The fourth-order valence-electron chi connectivity index (χ4n) is 3.95. The minimum atomic E-state index is 0.246. The van der Waals surface area contributed by atoms with Crippen LogP contribution in [-0.2, 0) is 13.1 Å². The average molecular weight is 411 g/mol. The monoisotopic (exact) mass is 410 g/mol. The van der Waals surface area contributed by atoms with E-state index in [1.165, 1.54) is 5.56 Å². The lowest BCUT2D eigenvalue weighted by Gasteiger charge is -2.26. The van der Waals surface area contributed by atoms with Gasteiger partial charge in [0.05, 0.1) is 17.9 Å². The molecule has 29 heavy (non-hydrogen) atoms. The van der Waals surface area contributed by atoms with E-state index in [9.17, 15) is 0 Å². The van der Waals surface area contributed by atoms with E-state index in [1.54, 1.807) is 0 Å². The van der Waals surface area contributed by atoms with E-state index in [1.807, 2.05) is 54.3 Å². The van der Waals surface area contributed by atoms with Crippen molar-refractivity contribution in [2.24, 2.45) is 0 Å². The highest BCUT2D eigenvalue weighted by Gasteiger charge is 2.30. The number of hydrogen-bond acceptors (Lipinski definition) is 5. The van der Waals surface area contributed by atoms with Crippen molar-refractivity contribution in [1.29, 1.82) is 0 Å². The second-order valence-electron chi connectivity index (χ2n) is 7.71. The summed E-state index contributed by atoms with van der Waals surface area (Å²) in [5.41, 5.74) is 4.43. The van der Waals surface area contributed by atoms with Crippen molar-refractivity contribution in [2.45, 2.75) is 38.9 Å². The maximum absolute atomic E-state index is 6.27. The summed E-state index contributed by atoms with van der Waals surface area (Å²) in [5.74, 6) is 0.733. The molecular formula is C22H27ClN6. The van der Waals surface area contributed by atoms with Crippen molar-refractivity contribution >= 4 is 17.5 Å². The molecule has 3 heterocycles. The molecule has 0 N–H and O–H groups in total. The molecule has 1 fully saturated rings. The number of rotatable bonds is 6. The van der Waals surface area contributed by atoms with Crippen LogP contribution in [0, 0.1) is 0 Å². The Kier molecular flexibility index (Phi) is 5.83. The molecule has 4 rings (SSSR count). The third-order valence-corrected chi connectivity index (χ3v) is 5.65. The van der Waals surface area contributed by atoms with E-state index in [0.29, 0.717) is 0 Å². The molecule has 1 saturated heterocycles. The molecule has 6 nitrogen and oxygen atoms in total. The SMILES string of the molecule is CCn1cc(CN2CCC[C@@H]2c2nc(N(C)C)ncc2-c2cccc(Cl)c2)cn1. The third-order valence-electron chi connectivity index (χ3n) is 5.42. The first-order valence-electron chi connectivity index (χ1n) is 10.1. The summed E-state index contributed by atoms with van der Waals surface area (Å²) in [6, 6.07) is 8.19. The van der Waals surface area contributed by atoms with Gasteiger partial charge in [0.1, 0.15) is 0 Å². The Morgan fingerprint density at radius 3 is 2.83 bits per heavy atom. The first kappa shape index (κ1) is 19.9. The number of hydrogen-bond donors (Lipinski definition) is 0. The largest absolute Gasteiger partial charge is 0.347 e. The summed E-state index contributed by atoms with van der Waals surface area (Å²) in [6.45, 7) is 4.93. The summed E-state index contributed by atoms with van der Waals surface area (Å²) in [6.07, 6.45) is 8.29. The molecule has 0 spiro atoms. The van der Waals surface area contributed by atoms with E-state index in [-0.39, 0.29) is 6.04 Å². The lowest BCUT2D eigenvalue weighted by atomic mass is 9.99. The first-order chi connectivity index (χ1) is 14.0. The van der Waals surface area contributed by atoms with Gasteiger partial charge in [0, 0.05) is 55.7 Å². The van der Waals surface area contributed by atoms with Gasteiger partial charge in [0.25, 0.3) is 0 Å². The standard InChI is InChI=1S/C22H27ClN6/c1-4-29-15-16(12-25-29)14-28-10-6-9-20(28)21-19(13-24-22(26-21)27(2)3)17-7-5-8-18(23)11-17/h5,7-8,11-13,15,20H,4,6,9-10,14H2,1-3H3/t20-/m1/s1. The first-order valence-corrected chi connectivity index (χ1v) is 10.5. The molecule has 1 atom stereocenters. The fraction of sp³-hybridized carbons (Fsp3) is 0.409. The van der Waals surface area contributed by atoms with Gasteiger partial charge in [-0.2, -0.15) is 5.10 Å². The smallest absolute Gasteiger partial charge is 0.225 e. The average Bonchev–Trinajstić information content (AvgIpc) is 3.37. The molecule has 2 aromatic heterocycles. The van der Waals surface area contributed by atoms with Crippen LogP contribution in [0.5, 0.6) is 0 Å². The predicted octanol–water partition coefficient (Wildman–Crippen LogP) is 4.42. The Hall–Kier alpha value is -2.44. The van der Waals surface area contributed by atoms with Crippen molar-refractivity contribution in [3.05, 3.63) is 59.1 Å². The van der Waals surface area contributed by atoms with Gasteiger partial charge in [0.2, 0.25) is 5.95 Å². The number of aromatic nitrogens is 4. The lowest BCUT2D eigenvalue weighted by molar-refractivity contribution is 0.245. The molecule has 0 unspecified atom stereocenters. The van der Waals surface area contributed by atoms with Gasteiger partial charge in [-0.25, -0.2) is 9.97 Å². The molecule has 0 aliphatic carbocycles. The van der Waals surface area contributed by atoms with Crippen LogP contribution in [0.15, 0.2) is 42.9 Å². The molecule has 0 radical (unpaired) electrons. The minimum Gasteiger partial charge on any atom is -0.347 e. The normalized spacial score (nSPS) is 17.0. The van der Waals surface area contributed by atoms with Gasteiger partial charge in [-0.1, -0.05) is 23.7 Å². The van der Waals surface area contributed by atoms with Gasteiger partial charge >= 0.3 is 0 Å². The number of benzene rings is 1. The lowest BCUT2D eigenvalue weighted by Crippen LogP contribution is -2.25. The Morgan fingerprint density at radius 1 is 1.24 bits per heavy atom. The topological polar surface area (TPSA) is 50.1 Å². The number of nitrogens with zero attached hydrogens (tertiary/aromatic N) is 6. The van der Waals surface area contributed by atoms with Crippen molar-refractivity contribution in [1.82, 2.24) is 24.6 Å². The van der Waals surface area contributed by atoms with Gasteiger partial charge in [-0.15, -0.1) is 0 Å². The quantitative estimate of drug-likeness (QED) is 0.602. The maximum Gasteiger partial charge on any atom is 0.225 e. The van der Waals surface area contributed by atoms with Crippen LogP contribution in [0.25, 0.3) is 11.1 Å².